The van der Waals surface area contributed by atoms with Gasteiger partial charge in [-0.25, -0.2) is 4.39 Å². The predicted octanol–water partition coefficient (Wildman–Crippen LogP) is 3.39. The lowest BCUT2D eigenvalue weighted by atomic mass is 10.1. The number of hydrogen-bond acceptors (Lipinski definition) is 2. The first-order chi connectivity index (χ1) is 11.6. The molecule has 1 amide bonds. The van der Waals surface area contributed by atoms with E-state index < -0.39 is 0 Å². The van der Waals surface area contributed by atoms with E-state index in [-0.39, 0.29) is 18.3 Å². The van der Waals surface area contributed by atoms with E-state index in [9.17, 15) is 9.18 Å². The van der Waals surface area contributed by atoms with Gasteiger partial charge in [-0.05, 0) is 61.9 Å². The van der Waals surface area contributed by atoms with Crippen molar-refractivity contribution in [3.8, 4) is 0 Å². The topological polar surface area (TPSA) is 56.9 Å². The van der Waals surface area contributed by atoms with Crippen molar-refractivity contribution < 1.29 is 9.18 Å². The molecular formula is C19H20FN3O. The number of aromatic nitrogens is 1. The highest BCUT2D eigenvalue weighted by Gasteiger charge is 2.05. The number of H-pyrrole nitrogens is 1. The Bertz CT molecular complexity index is 839. The van der Waals surface area contributed by atoms with Crippen molar-refractivity contribution >= 4 is 22.5 Å². The van der Waals surface area contributed by atoms with Gasteiger partial charge in [0, 0.05) is 22.8 Å². The summed E-state index contributed by atoms with van der Waals surface area (Å²) in [5.74, 6) is -0.462. The molecule has 0 fully saturated rings. The van der Waals surface area contributed by atoms with Crippen LogP contribution in [0.15, 0.2) is 48.7 Å². The molecule has 0 saturated carbocycles. The molecule has 5 heteroatoms. The van der Waals surface area contributed by atoms with Gasteiger partial charge in [0.25, 0.3) is 0 Å². The Morgan fingerprint density at radius 2 is 1.96 bits per heavy atom. The van der Waals surface area contributed by atoms with E-state index in [1.807, 2.05) is 6.20 Å². The van der Waals surface area contributed by atoms with Crippen molar-refractivity contribution in [2.75, 3.05) is 18.4 Å². The number of anilines is 1. The number of fused-ring (bicyclic) bond motifs is 1. The Hall–Kier alpha value is -2.66. The Morgan fingerprint density at radius 3 is 2.75 bits per heavy atom. The van der Waals surface area contributed by atoms with E-state index in [1.165, 1.54) is 28.6 Å². The number of aromatic amines is 1. The highest BCUT2D eigenvalue weighted by atomic mass is 19.1. The van der Waals surface area contributed by atoms with Gasteiger partial charge in [-0.15, -0.1) is 0 Å². The molecule has 1 aromatic heterocycles. The second-order valence-electron chi connectivity index (χ2n) is 5.84. The predicted molar refractivity (Wildman–Crippen MR) is 94.6 cm³/mol. The van der Waals surface area contributed by atoms with Gasteiger partial charge in [0.2, 0.25) is 5.91 Å². The van der Waals surface area contributed by atoms with Gasteiger partial charge in [0.05, 0.1) is 6.54 Å². The van der Waals surface area contributed by atoms with Gasteiger partial charge in [-0.1, -0.05) is 11.6 Å². The molecular weight excluding hydrogens is 305 g/mol. The Labute approximate surface area is 140 Å². The average molecular weight is 325 g/mol. The zero-order valence-electron chi connectivity index (χ0n) is 13.5. The molecule has 3 rings (SSSR count). The zero-order valence-corrected chi connectivity index (χ0v) is 13.5. The maximum Gasteiger partial charge on any atom is 0.238 e. The SMILES string of the molecule is Cc1ccc2[nH]cc(CCNCC(=O)Nc3ccc(F)cc3)c2c1. The van der Waals surface area contributed by atoms with Crippen molar-refractivity contribution in [1.82, 2.24) is 10.3 Å². The van der Waals surface area contributed by atoms with Gasteiger partial charge in [0.1, 0.15) is 5.82 Å². The van der Waals surface area contributed by atoms with Crippen LogP contribution in [0.25, 0.3) is 10.9 Å². The second-order valence-corrected chi connectivity index (χ2v) is 5.84. The summed E-state index contributed by atoms with van der Waals surface area (Å²) in [4.78, 5) is 15.1. The smallest absolute Gasteiger partial charge is 0.238 e. The standard InChI is InChI=1S/C19H20FN3O/c1-13-2-7-18-17(10-13)14(11-22-18)8-9-21-12-19(24)23-16-5-3-15(20)4-6-16/h2-7,10-11,21-22H,8-9,12H2,1H3,(H,23,24). The van der Waals surface area contributed by atoms with Gasteiger partial charge in [-0.3, -0.25) is 4.79 Å². The molecule has 3 N–H and O–H groups in total. The summed E-state index contributed by atoms with van der Waals surface area (Å²) in [6.45, 7) is 3.00. The van der Waals surface area contributed by atoms with Crippen LogP contribution in [0.3, 0.4) is 0 Å². The maximum atomic E-state index is 12.8. The first-order valence-electron chi connectivity index (χ1n) is 7.94. The van der Waals surface area contributed by atoms with Crippen LogP contribution in [0.1, 0.15) is 11.1 Å². The molecule has 0 saturated heterocycles. The first kappa shape index (κ1) is 16.2. The molecule has 0 spiro atoms. The Kier molecular flexibility index (Phi) is 4.91. The van der Waals surface area contributed by atoms with Crippen molar-refractivity contribution in [3.63, 3.8) is 0 Å². The molecule has 3 aromatic rings. The second kappa shape index (κ2) is 7.27. The lowest BCUT2D eigenvalue weighted by molar-refractivity contribution is -0.115. The fourth-order valence-electron chi connectivity index (χ4n) is 2.66. The largest absolute Gasteiger partial charge is 0.361 e. The van der Waals surface area contributed by atoms with Crippen LogP contribution in [-0.2, 0) is 11.2 Å². The van der Waals surface area contributed by atoms with Gasteiger partial charge in [0.15, 0.2) is 0 Å². The fourth-order valence-corrected chi connectivity index (χ4v) is 2.66. The lowest BCUT2D eigenvalue weighted by Crippen LogP contribution is -2.29. The van der Waals surface area contributed by atoms with E-state index in [2.05, 4.69) is 40.7 Å². The molecule has 24 heavy (non-hydrogen) atoms. The monoisotopic (exact) mass is 325 g/mol. The third-order valence-corrected chi connectivity index (χ3v) is 3.91. The van der Waals surface area contributed by atoms with Gasteiger partial charge in [-0.2, -0.15) is 0 Å². The number of aryl methyl sites for hydroxylation is 1. The normalized spacial score (nSPS) is 10.9. The third kappa shape index (κ3) is 4.00. The van der Waals surface area contributed by atoms with Crippen LogP contribution in [0.4, 0.5) is 10.1 Å². The Balaban J connectivity index is 1.47. The van der Waals surface area contributed by atoms with Crippen LogP contribution in [0, 0.1) is 12.7 Å². The molecule has 0 aliphatic carbocycles. The fraction of sp³-hybridized carbons (Fsp3) is 0.211. The number of rotatable bonds is 6. The Morgan fingerprint density at radius 1 is 1.17 bits per heavy atom. The van der Waals surface area contributed by atoms with Gasteiger partial charge < -0.3 is 15.6 Å². The molecule has 2 aromatic carbocycles. The van der Waals surface area contributed by atoms with E-state index >= 15 is 0 Å². The summed E-state index contributed by atoms with van der Waals surface area (Å²) >= 11 is 0. The molecule has 0 radical (unpaired) electrons. The maximum absolute atomic E-state index is 12.8. The number of benzene rings is 2. The molecule has 0 aliphatic heterocycles. The van der Waals surface area contributed by atoms with Crippen LogP contribution >= 0.6 is 0 Å². The molecule has 4 nitrogen and oxygen atoms in total. The first-order valence-corrected chi connectivity index (χ1v) is 7.94. The summed E-state index contributed by atoms with van der Waals surface area (Å²) in [5, 5.41) is 7.09. The molecule has 0 aliphatic rings. The summed E-state index contributed by atoms with van der Waals surface area (Å²) in [5.41, 5.74) is 4.19. The molecule has 1 heterocycles. The van der Waals surface area contributed by atoms with Crippen molar-refractivity contribution in [3.05, 3.63) is 65.6 Å². The van der Waals surface area contributed by atoms with Crippen molar-refractivity contribution in [2.24, 2.45) is 0 Å². The van der Waals surface area contributed by atoms with Crippen LogP contribution in [0.2, 0.25) is 0 Å². The average Bonchev–Trinajstić information content (AvgIpc) is 2.96. The number of carbonyl (C=O) groups excluding carboxylic acids is 1. The van der Waals surface area contributed by atoms with E-state index in [0.717, 1.165) is 11.9 Å². The van der Waals surface area contributed by atoms with E-state index in [1.54, 1.807) is 12.1 Å². The molecule has 124 valence electrons. The van der Waals surface area contributed by atoms with Crippen molar-refractivity contribution in [2.45, 2.75) is 13.3 Å². The lowest BCUT2D eigenvalue weighted by Gasteiger charge is -2.06. The van der Waals surface area contributed by atoms with E-state index in [0.29, 0.717) is 12.2 Å². The third-order valence-electron chi connectivity index (χ3n) is 3.91. The summed E-state index contributed by atoms with van der Waals surface area (Å²) in [6.07, 6.45) is 2.86. The number of amides is 1. The zero-order chi connectivity index (χ0) is 16.9. The summed E-state index contributed by atoms with van der Waals surface area (Å²) < 4.78 is 12.8. The van der Waals surface area contributed by atoms with Crippen LogP contribution < -0.4 is 10.6 Å². The minimum absolute atomic E-state index is 0.142. The summed E-state index contributed by atoms with van der Waals surface area (Å²) in [6, 6.07) is 12.1. The molecule has 0 unspecified atom stereocenters. The van der Waals surface area contributed by atoms with Crippen LogP contribution in [0.5, 0.6) is 0 Å². The highest BCUT2D eigenvalue weighted by molar-refractivity contribution is 5.92. The number of hydrogen-bond donors (Lipinski definition) is 3. The minimum Gasteiger partial charge on any atom is -0.361 e. The summed E-state index contributed by atoms with van der Waals surface area (Å²) in [7, 11) is 0. The molecule has 0 atom stereocenters. The van der Waals surface area contributed by atoms with Gasteiger partial charge >= 0.3 is 0 Å². The molecule has 0 bridgehead atoms. The van der Waals surface area contributed by atoms with E-state index in [4.69, 9.17) is 0 Å². The van der Waals surface area contributed by atoms with Crippen molar-refractivity contribution in [1.29, 1.82) is 0 Å². The number of nitrogens with one attached hydrogen (secondary N) is 3. The number of halogens is 1. The number of carbonyl (C=O) groups is 1. The minimum atomic E-state index is -0.319. The quantitative estimate of drug-likeness (QED) is 0.609. The van der Waals surface area contributed by atoms with Crippen LogP contribution in [-0.4, -0.2) is 24.0 Å². The highest BCUT2D eigenvalue weighted by Crippen LogP contribution is 2.19.